The van der Waals surface area contributed by atoms with Crippen LogP contribution in [0.25, 0.3) is 11.2 Å². The van der Waals surface area contributed by atoms with Crippen molar-refractivity contribution in [2.45, 2.75) is 25.4 Å². The monoisotopic (exact) mass is 412 g/mol. The van der Waals surface area contributed by atoms with Crippen molar-refractivity contribution in [1.82, 2.24) is 24.6 Å². The Bertz CT molecular complexity index is 962. The number of allylic oxidation sites excluding steroid dienone is 1. The van der Waals surface area contributed by atoms with Crippen LogP contribution < -0.4 is 15.6 Å². The highest BCUT2D eigenvalue weighted by atomic mass is 31.2. The fourth-order valence-electron chi connectivity index (χ4n) is 2.91. The topological polar surface area (TPSA) is 175 Å². The van der Waals surface area contributed by atoms with Gasteiger partial charge in [-0.3, -0.25) is 9.32 Å². The molecule has 0 spiro atoms. The van der Waals surface area contributed by atoms with Gasteiger partial charge in [0.15, 0.2) is 11.2 Å². The summed E-state index contributed by atoms with van der Waals surface area (Å²) in [6.07, 6.45) is 5.95. The van der Waals surface area contributed by atoms with E-state index in [2.05, 4.69) is 20.0 Å². The molecule has 12 nitrogen and oxygen atoms in total. The van der Waals surface area contributed by atoms with Gasteiger partial charge in [0, 0.05) is 5.92 Å². The summed E-state index contributed by atoms with van der Waals surface area (Å²) in [4.78, 5) is 33.0. The first-order chi connectivity index (χ1) is 13.2. The van der Waals surface area contributed by atoms with E-state index in [1.165, 1.54) is 14.0 Å². The lowest BCUT2D eigenvalue weighted by molar-refractivity contribution is -0.138. The summed E-state index contributed by atoms with van der Waals surface area (Å²) in [6.45, 7) is 1.21. The number of nitrogens with zero attached hydrogens (tertiary/aromatic N) is 4. The smallest absolute Gasteiger partial charge is 0.403 e. The van der Waals surface area contributed by atoms with Crippen LogP contribution in [-0.2, 0) is 13.9 Å². The maximum Gasteiger partial charge on any atom is 0.403 e. The SMILES string of the molecule is COc1nc(N)nc2c1ncn2[C@H]1C=C[C@@H](COP(=O)(O)N[C@@H](C)C(=O)O)C1. The lowest BCUT2D eigenvalue weighted by Crippen LogP contribution is -2.32. The number of fused-ring (bicyclic) bond motifs is 1. The molecule has 0 radical (unpaired) electrons. The van der Waals surface area contributed by atoms with Gasteiger partial charge in [-0.05, 0) is 13.3 Å². The largest absolute Gasteiger partial charge is 0.480 e. The summed E-state index contributed by atoms with van der Waals surface area (Å²) in [6, 6.07) is -1.32. The van der Waals surface area contributed by atoms with Gasteiger partial charge < -0.3 is 25.0 Å². The van der Waals surface area contributed by atoms with Crippen molar-refractivity contribution in [3.63, 3.8) is 0 Å². The number of aromatic nitrogens is 4. The predicted octanol–water partition coefficient (Wildman–Crippen LogP) is 0.714. The van der Waals surface area contributed by atoms with E-state index in [4.69, 9.17) is 20.1 Å². The van der Waals surface area contributed by atoms with Crippen LogP contribution in [-0.4, -0.2) is 55.2 Å². The average Bonchev–Trinajstić information content (AvgIpc) is 3.25. The molecule has 5 N–H and O–H groups in total. The van der Waals surface area contributed by atoms with Crippen LogP contribution in [0.15, 0.2) is 18.5 Å². The number of nitrogens with one attached hydrogen (secondary N) is 1. The van der Waals surface area contributed by atoms with Crippen molar-refractivity contribution in [3.8, 4) is 5.88 Å². The molecule has 1 aliphatic carbocycles. The number of rotatable bonds is 8. The number of ether oxygens (including phenoxy) is 1. The van der Waals surface area contributed by atoms with Crippen molar-refractivity contribution >= 4 is 30.8 Å². The van der Waals surface area contributed by atoms with Crippen molar-refractivity contribution in [2.75, 3.05) is 19.5 Å². The quantitative estimate of drug-likeness (QED) is 0.355. The Morgan fingerprint density at radius 2 is 2.25 bits per heavy atom. The number of imidazole rings is 1. The Hall–Kier alpha value is -2.53. The molecule has 0 saturated carbocycles. The van der Waals surface area contributed by atoms with Crippen LogP contribution in [0, 0.1) is 5.92 Å². The summed E-state index contributed by atoms with van der Waals surface area (Å²) >= 11 is 0. The van der Waals surface area contributed by atoms with Crippen molar-refractivity contribution in [3.05, 3.63) is 18.5 Å². The second-order valence-electron chi connectivity index (χ2n) is 6.37. The molecular weight excluding hydrogens is 391 g/mol. The number of hydrogen-bond acceptors (Lipinski definition) is 8. The zero-order chi connectivity index (χ0) is 20.5. The summed E-state index contributed by atoms with van der Waals surface area (Å²) in [7, 11) is -2.76. The van der Waals surface area contributed by atoms with E-state index in [0.717, 1.165) is 0 Å². The van der Waals surface area contributed by atoms with Crippen LogP contribution in [0.3, 0.4) is 0 Å². The molecule has 0 bridgehead atoms. The van der Waals surface area contributed by atoms with E-state index >= 15 is 0 Å². The summed E-state index contributed by atoms with van der Waals surface area (Å²) < 4.78 is 24.0. The molecular formula is C15H21N6O6P. The van der Waals surface area contributed by atoms with E-state index in [1.54, 1.807) is 6.33 Å². The molecule has 0 aromatic carbocycles. The summed E-state index contributed by atoms with van der Waals surface area (Å²) in [5.74, 6) is -1.05. The molecule has 152 valence electrons. The fourth-order valence-corrected chi connectivity index (χ4v) is 3.98. The number of carboxylic acid groups (broad SMARTS) is 1. The Balaban J connectivity index is 1.66. The molecule has 0 aliphatic heterocycles. The molecule has 0 amide bonds. The van der Waals surface area contributed by atoms with Crippen LogP contribution in [0.1, 0.15) is 19.4 Å². The zero-order valence-corrected chi connectivity index (χ0v) is 16.1. The van der Waals surface area contributed by atoms with Crippen molar-refractivity contribution in [1.29, 1.82) is 0 Å². The van der Waals surface area contributed by atoms with E-state index in [9.17, 15) is 14.3 Å². The Labute approximate surface area is 160 Å². The number of methoxy groups -OCH3 is 1. The second kappa shape index (κ2) is 7.84. The number of hydrogen-bond donors (Lipinski definition) is 4. The maximum atomic E-state index is 12.0. The Kier molecular flexibility index (Phi) is 5.66. The van der Waals surface area contributed by atoms with Gasteiger partial charge >= 0.3 is 13.7 Å². The van der Waals surface area contributed by atoms with Gasteiger partial charge in [-0.15, -0.1) is 0 Å². The maximum absolute atomic E-state index is 12.0. The van der Waals surface area contributed by atoms with Crippen molar-refractivity contribution < 1.29 is 28.6 Å². The minimum absolute atomic E-state index is 0.0484. The number of anilines is 1. The first-order valence-corrected chi connectivity index (χ1v) is 9.98. The summed E-state index contributed by atoms with van der Waals surface area (Å²) in [5.41, 5.74) is 6.72. The molecule has 1 aliphatic rings. The van der Waals surface area contributed by atoms with Gasteiger partial charge in [0.25, 0.3) is 0 Å². The van der Waals surface area contributed by atoms with Crippen LogP contribution in [0.5, 0.6) is 5.88 Å². The Morgan fingerprint density at radius 3 is 2.93 bits per heavy atom. The third kappa shape index (κ3) is 4.30. The highest BCUT2D eigenvalue weighted by Crippen LogP contribution is 2.40. The van der Waals surface area contributed by atoms with E-state index in [-0.39, 0.29) is 30.4 Å². The first kappa shape index (κ1) is 20.2. The van der Waals surface area contributed by atoms with Crippen LogP contribution in [0.4, 0.5) is 5.95 Å². The predicted molar refractivity (Wildman–Crippen MR) is 98.6 cm³/mol. The van der Waals surface area contributed by atoms with Gasteiger partial charge in [-0.1, -0.05) is 12.2 Å². The highest BCUT2D eigenvalue weighted by Gasteiger charge is 2.29. The minimum atomic E-state index is -4.23. The van der Waals surface area contributed by atoms with Crippen LogP contribution in [0.2, 0.25) is 0 Å². The van der Waals surface area contributed by atoms with Gasteiger partial charge in [0.1, 0.15) is 6.04 Å². The molecule has 0 saturated heterocycles. The van der Waals surface area contributed by atoms with Crippen LogP contribution >= 0.6 is 7.75 Å². The van der Waals surface area contributed by atoms with Gasteiger partial charge in [0.2, 0.25) is 11.8 Å². The van der Waals surface area contributed by atoms with E-state index in [1.807, 2.05) is 16.7 Å². The number of carbonyl (C=O) groups is 1. The molecule has 0 fully saturated rings. The van der Waals surface area contributed by atoms with Gasteiger partial charge in [-0.2, -0.15) is 9.97 Å². The van der Waals surface area contributed by atoms with Gasteiger partial charge in [-0.25, -0.2) is 14.6 Å². The van der Waals surface area contributed by atoms with E-state index < -0.39 is 19.8 Å². The normalized spacial score (nSPS) is 22.2. The van der Waals surface area contributed by atoms with Gasteiger partial charge in [0.05, 0.1) is 26.1 Å². The summed E-state index contributed by atoms with van der Waals surface area (Å²) in [5, 5.41) is 10.9. The number of nitrogens with two attached hydrogens (primary N) is 1. The molecule has 1 unspecified atom stereocenters. The lowest BCUT2D eigenvalue weighted by atomic mass is 10.1. The lowest BCUT2D eigenvalue weighted by Gasteiger charge is -2.18. The van der Waals surface area contributed by atoms with Crippen molar-refractivity contribution in [2.24, 2.45) is 5.92 Å². The minimum Gasteiger partial charge on any atom is -0.480 e. The number of nitrogen functional groups attached to an aromatic ring is 1. The molecule has 28 heavy (non-hydrogen) atoms. The first-order valence-electron chi connectivity index (χ1n) is 8.40. The highest BCUT2D eigenvalue weighted by molar-refractivity contribution is 7.50. The molecule has 2 aromatic rings. The number of carboxylic acids is 1. The number of aliphatic carboxylic acids is 1. The molecule has 2 heterocycles. The molecule has 4 atom stereocenters. The average molecular weight is 412 g/mol. The fraction of sp³-hybridized carbons (Fsp3) is 0.467. The molecule has 3 rings (SSSR count). The Morgan fingerprint density at radius 1 is 1.50 bits per heavy atom. The third-order valence-corrected chi connectivity index (χ3v) is 5.51. The molecule has 2 aromatic heterocycles. The zero-order valence-electron chi connectivity index (χ0n) is 15.2. The third-order valence-electron chi connectivity index (χ3n) is 4.30. The molecule has 13 heteroatoms. The van der Waals surface area contributed by atoms with E-state index in [0.29, 0.717) is 17.6 Å². The standard InChI is InChI=1S/C15H21N6O6P/c1-8(14(22)23)20-28(24,25)27-6-9-3-4-10(5-9)21-7-17-11-12(21)18-15(16)19-13(11)26-2/h3-4,7-10H,5-6H2,1-2H3,(H,22,23)(H2,16,18,19)(H2,20,24,25)/t8-,9+,10-/m0/s1. The second-order valence-corrected chi connectivity index (χ2v) is 7.93.